The molecule has 0 amide bonds. The minimum atomic E-state index is -4.75. The third-order valence-electron chi connectivity index (χ3n) is 13.3. The van der Waals surface area contributed by atoms with Crippen LogP contribution in [0.15, 0.2) is 48.6 Å². The molecule has 0 heterocycles. The van der Waals surface area contributed by atoms with Crippen molar-refractivity contribution < 1.29 is 52.2 Å². The predicted octanol–water partition coefficient (Wildman–Crippen LogP) is 18.1. The standard InChI is InChI=1S/C62H113O11P/c1-4-7-10-13-16-19-22-24-26-28-29-31-32-34-37-39-42-45-48-51-60(64)69-55-59(73-62(66)53-50-47-44-41-38-35-33-30-27-25-23-20-17-14-11-8-5-2)57-71-74(67,68)70-56-58(54-63)72-61(65)52-49-46-43-40-36-21-18-15-12-9-6-3/h7,10,16,19,24,26,29,31,58-59,63H,4-6,8-9,11-15,17-18,20-23,25,27-28,30,32-57H2,1-3H3,(H,67,68)/b10-7-,19-16-,26-24-,31-29-. The van der Waals surface area contributed by atoms with Gasteiger partial charge in [0.05, 0.1) is 19.8 Å². The van der Waals surface area contributed by atoms with Crippen molar-refractivity contribution in [3.8, 4) is 0 Å². The Hall–Kier alpha value is -2.56. The lowest BCUT2D eigenvalue weighted by molar-refractivity contribution is -0.161. The van der Waals surface area contributed by atoms with Crippen LogP contribution in [0.4, 0.5) is 0 Å². The molecule has 0 aliphatic carbocycles. The van der Waals surface area contributed by atoms with Crippen LogP contribution in [0.1, 0.15) is 290 Å². The van der Waals surface area contributed by atoms with Gasteiger partial charge in [-0.05, 0) is 57.8 Å². The second-order valence-corrected chi connectivity index (χ2v) is 22.0. The molecule has 12 heteroatoms. The zero-order valence-electron chi connectivity index (χ0n) is 47.8. The van der Waals surface area contributed by atoms with E-state index in [1.165, 1.54) is 128 Å². The number of rotatable bonds is 57. The van der Waals surface area contributed by atoms with Gasteiger partial charge in [-0.1, -0.05) is 262 Å². The van der Waals surface area contributed by atoms with Crippen molar-refractivity contribution in [3.05, 3.63) is 48.6 Å². The molecular weight excluding hydrogens is 952 g/mol. The molecule has 0 bridgehead atoms. The maximum absolute atomic E-state index is 12.9. The van der Waals surface area contributed by atoms with Crippen LogP contribution in [0.25, 0.3) is 0 Å². The van der Waals surface area contributed by atoms with Gasteiger partial charge >= 0.3 is 25.7 Å². The number of allylic oxidation sites excluding steroid dienone is 8. The van der Waals surface area contributed by atoms with E-state index >= 15 is 0 Å². The van der Waals surface area contributed by atoms with E-state index in [-0.39, 0.29) is 25.9 Å². The Labute approximate surface area is 453 Å². The fraction of sp³-hybridized carbons (Fsp3) is 0.823. The number of phosphoric acid groups is 1. The van der Waals surface area contributed by atoms with Crippen LogP contribution < -0.4 is 0 Å². The molecule has 0 spiro atoms. The van der Waals surface area contributed by atoms with Crippen molar-refractivity contribution in [1.29, 1.82) is 0 Å². The van der Waals surface area contributed by atoms with Gasteiger partial charge in [-0.15, -0.1) is 0 Å². The summed E-state index contributed by atoms with van der Waals surface area (Å²) in [6.45, 7) is 4.56. The Morgan fingerprint density at radius 2 is 0.703 bits per heavy atom. The van der Waals surface area contributed by atoms with Gasteiger partial charge in [0.2, 0.25) is 0 Å². The molecule has 11 nitrogen and oxygen atoms in total. The number of phosphoric ester groups is 1. The van der Waals surface area contributed by atoms with Gasteiger partial charge in [-0.3, -0.25) is 23.4 Å². The van der Waals surface area contributed by atoms with Gasteiger partial charge in [0.1, 0.15) is 12.7 Å². The van der Waals surface area contributed by atoms with E-state index in [9.17, 15) is 28.9 Å². The van der Waals surface area contributed by atoms with Crippen molar-refractivity contribution >= 4 is 25.7 Å². The summed E-state index contributed by atoms with van der Waals surface area (Å²) in [5, 5.41) is 9.81. The Balaban J connectivity index is 4.70. The number of aliphatic hydroxyl groups excluding tert-OH is 1. The first-order valence-corrected chi connectivity index (χ1v) is 32.0. The van der Waals surface area contributed by atoms with Crippen LogP contribution in [0.2, 0.25) is 0 Å². The Morgan fingerprint density at radius 1 is 0.392 bits per heavy atom. The minimum absolute atomic E-state index is 0.169. The summed E-state index contributed by atoms with van der Waals surface area (Å²) in [6.07, 6.45) is 60.6. The summed E-state index contributed by atoms with van der Waals surface area (Å²) in [7, 11) is -4.75. The van der Waals surface area contributed by atoms with E-state index in [2.05, 4.69) is 69.4 Å². The average molecular weight is 1070 g/mol. The Kier molecular flexibility index (Phi) is 54.7. The molecule has 0 aromatic heterocycles. The zero-order chi connectivity index (χ0) is 54.1. The highest BCUT2D eigenvalue weighted by molar-refractivity contribution is 7.47. The van der Waals surface area contributed by atoms with Crippen molar-refractivity contribution in [3.63, 3.8) is 0 Å². The minimum Gasteiger partial charge on any atom is -0.462 e. The summed E-state index contributed by atoms with van der Waals surface area (Å²) >= 11 is 0. The van der Waals surface area contributed by atoms with Gasteiger partial charge in [0, 0.05) is 19.3 Å². The number of ether oxygens (including phenoxy) is 3. The zero-order valence-corrected chi connectivity index (χ0v) is 48.7. The highest BCUT2D eigenvalue weighted by Gasteiger charge is 2.28. The molecule has 74 heavy (non-hydrogen) atoms. The molecule has 0 aromatic carbocycles. The molecule has 0 fully saturated rings. The van der Waals surface area contributed by atoms with Crippen molar-refractivity contribution in [2.24, 2.45) is 0 Å². The Morgan fingerprint density at radius 3 is 1.08 bits per heavy atom. The van der Waals surface area contributed by atoms with E-state index in [1.54, 1.807) is 0 Å². The van der Waals surface area contributed by atoms with Gasteiger partial charge in [0.15, 0.2) is 6.10 Å². The predicted molar refractivity (Wildman–Crippen MR) is 307 cm³/mol. The summed E-state index contributed by atoms with van der Waals surface area (Å²) in [4.78, 5) is 48.6. The molecular formula is C62H113O11P. The number of aliphatic hydroxyl groups is 1. The maximum Gasteiger partial charge on any atom is 0.472 e. The van der Waals surface area contributed by atoms with Gasteiger partial charge in [-0.2, -0.15) is 0 Å². The van der Waals surface area contributed by atoms with Crippen molar-refractivity contribution in [2.75, 3.05) is 26.4 Å². The Bertz CT molecular complexity index is 1430. The summed E-state index contributed by atoms with van der Waals surface area (Å²) in [6, 6.07) is 0. The summed E-state index contributed by atoms with van der Waals surface area (Å²) in [5.74, 6) is -1.46. The monoisotopic (exact) mass is 1060 g/mol. The molecule has 0 aromatic rings. The molecule has 0 aliphatic heterocycles. The van der Waals surface area contributed by atoms with Crippen LogP contribution in [0.5, 0.6) is 0 Å². The fourth-order valence-corrected chi connectivity index (χ4v) is 9.43. The molecule has 432 valence electrons. The van der Waals surface area contributed by atoms with Crippen LogP contribution >= 0.6 is 7.82 Å². The smallest absolute Gasteiger partial charge is 0.462 e. The molecule has 0 saturated heterocycles. The molecule has 3 atom stereocenters. The summed E-state index contributed by atoms with van der Waals surface area (Å²) < 4.78 is 39.6. The average Bonchev–Trinajstić information content (AvgIpc) is 3.39. The second kappa shape index (κ2) is 56.6. The van der Waals surface area contributed by atoms with Crippen LogP contribution in [-0.2, 0) is 42.2 Å². The van der Waals surface area contributed by atoms with E-state index < -0.39 is 57.8 Å². The molecule has 3 unspecified atom stereocenters. The third-order valence-corrected chi connectivity index (χ3v) is 14.2. The van der Waals surface area contributed by atoms with E-state index in [4.69, 9.17) is 23.3 Å². The lowest BCUT2D eigenvalue weighted by Gasteiger charge is -2.21. The normalized spacial score (nSPS) is 13.6. The van der Waals surface area contributed by atoms with Crippen LogP contribution in [0.3, 0.4) is 0 Å². The molecule has 0 radical (unpaired) electrons. The van der Waals surface area contributed by atoms with Gasteiger partial charge in [0.25, 0.3) is 0 Å². The van der Waals surface area contributed by atoms with E-state index in [0.29, 0.717) is 19.3 Å². The number of hydrogen-bond acceptors (Lipinski definition) is 10. The van der Waals surface area contributed by atoms with Crippen LogP contribution in [0, 0.1) is 0 Å². The highest BCUT2D eigenvalue weighted by Crippen LogP contribution is 2.43. The fourth-order valence-electron chi connectivity index (χ4n) is 8.64. The first-order chi connectivity index (χ1) is 36.2. The van der Waals surface area contributed by atoms with E-state index in [1.807, 2.05) is 0 Å². The highest BCUT2D eigenvalue weighted by atomic mass is 31.2. The van der Waals surface area contributed by atoms with Crippen molar-refractivity contribution in [1.82, 2.24) is 0 Å². The first-order valence-electron chi connectivity index (χ1n) is 30.5. The number of carbonyl (C=O) groups is 3. The van der Waals surface area contributed by atoms with Crippen molar-refractivity contribution in [2.45, 2.75) is 303 Å². The number of esters is 3. The number of unbranched alkanes of at least 4 members (excludes halogenated alkanes) is 32. The topological polar surface area (TPSA) is 155 Å². The lowest BCUT2D eigenvalue weighted by Crippen LogP contribution is -2.30. The SMILES string of the molecule is CC/C=C\C/C=C\C/C=C\C/C=C\CCCCCCCCC(=O)OCC(COP(=O)(O)OCC(CO)OC(=O)CCCCCCCCCCCCC)OC(=O)CCCCCCCCCCCCCCCCCCC. The second-order valence-electron chi connectivity index (χ2n) is 20.5. The lowest BCUT2D eigenvalue weighted by atomic mass is 10.0. The number of hydrogen-bond donors (Lipinski definition) is 2. The molecule has 0 saturated carbocycles. The van der Waals surface area contributed by atoms with Crippen LogP contribution in [-0.4, -0.2) is 66.5 Å². The van der Waals surface area contributed by atoms with Gasteiger partial charge < -0.3 is 24.2 Å². The first kappa shape index (κ1) is 71.4. The molecule has 0 rings (SSSR count). The molecule has 2 N–H and O–H groups in total. The summed E-state index contributed by atoms with van der Waals surface area (Å²) in [5.41, 5.74) is 0. The third kappa shape index (κ3) is 54.2. The maximum atomic E-state index is 12.9. The molecule has 0 aliphatic rings. The van der Waals surface area contributed by atoms with Gasteiger partial charge in [-0.25, -0.2) is 4.57 Å². The largest absolute Gasteiger partial charge is 0.472 e. The number of carbonyl (C=O) groups excluding carboxylic acids is 3. The van der Waals surface area contributed by atoms with E-state index in [0.717, 1.165) is 103 Å². The quantitative estimate of drug-likeness (QED) is 0.0197.